The van der Waals surface area contributed by atoms with E-state index in [4.69, 9.17) is 9.57 Å². The molecule has 218 valence electrons. The molecule has 2 amide bonds. The number of halogens is 2. The topological polar surface area (TPSA) is 116 Å². The summed E-state index contributed by atoms with van der Waals surface area (Å²) in [5.74, 6) is -1.64. The number of hydrogen-bond donors (Lipinski definition) is 2. The lowest BCUT2D eigenvalue weighted by Gasteiger charge is -2.17. The highest BCUT2D eigenvalue weighted by Gasteiger charge is 2.25. The van der Waals surface area contributed by atoms with Gasteiger partial charge >= 0.3 is 11.7 Å². The maximum absolute atomic E-state index is 14.6. The van der Waals surface area contributed by atoms with Crippen LogP contribution in [0, 0.1) is 11.6 Å². The van der Waals surface area contributed by atoms with Gasteiger partial charge in [0.15, 0.2) is 0 Å². The van der Waals surface area contributed by atoms with Gasteiger partial charge in [-0.25, -0.2) is 23.9 Å². The smallest absolute Gasteiger partial charge is 0.366 e. The van der Waals surface area contributed by atoms with Crippen LogP contribution < -0.4 is 26.9 Å². The average molecular weight is 590 g/mol. The first-order valence-electron chi connectivity index (χ1n) is 12.4. The average Bonchev–Trinajstić information content (AvgIpc) is 3.31. The summed E-state index contributed by atoms with van der Waals surface area (Å²) in [7, 11) is 5.92. The van der Waals surface area contributed by atoms with Crippen LogP contribution in [0.25, 0.3) is 20.7 Å². The predicted molar refractivity (Wildman–Crippen MR) is 151 cm³/mol. The molecule has 0 atom stereocenters. The number of carbonyl (C=O) groups is 1. The molecule has 0 bridgehead atoms. The van der Waals surface area contributed by atoms with Crippen molar-refractivity contribution in [2.24, 2.45) is 0 Å². The number of benzene rings is 2. The predicted octanol–water partition coefficient (Wildman–Crippen LogP) is 3.04. The van der Waals surface area contributed by atoms with Gasteiger partial charge in [0, 0.05) is 36.3 Å². The van der Waals surface area contributed by atoms with Gasteiger partial charge in [0.1, 0.15) is 23.6 Å². The van der Waals surface area contributed by atoms with E-state index in [0.717, 1.165) is 28.0 Å². The summed E-state index contributed by atoms with van der Waals surface area (Å²) in [6, 6.07) is 9.71. The zero-order valence-corrected chi connectivity index (χ0v) is 23.6. The van der Waals surface area contributed by atoms with Crippen LogP contribution in [0.4, 0.5) is 19.3 Å². The maximum Gasteiger partial charge on any atom is 0.366 e. The molecule has 0 fully saturated rings. The Morgan fingerprint density at radius 3 is 2.32 bits per heavy atom. The molecule has 0 saturated heterocycles. The summed E-state index contributed by atoms with van der Waals surface area (Å²) in [4.78, 5) is 51.3. The molecule has 2 heterocycles. The minimum atomic E-state index is -0.872. The number of anilines is 1. The number of urea groups is 1. The summed E-state index contributed by atoms with van der Waals surface area (Å²) >= 11 is 1.15. The molecule has 2 aromatic carbocycles. The van der Waals surface area contributed by atoms with Crippen molar-refractivity contribution in [3.05, 3.63) is 86.1 Å². The molecule has 11 nitrogen and oxygen atoms in total. The summed E-state index contributed by atoms with van der Waals surface area (Å²) < 4.78 is 36.2. The molecule has 2 aromatic heterocycles. The van der Waals surface area contributed by atoms with E-state index in [1.165, 1.54) is 20.3 Å². The molecule has 4 rings (SSSR count). The summed E-state index contributed by atoms with van der Waals surface area (Å²) in [5, 5.41) is 2.81. The van der Waals surface area contributed by atoms with Crippen molar-refractivity contribution in [1.82, 2.24) is 19.7 Å². The van der Waals surface area contributed by atoms with Crippen molar-refractivity contribution in [2.45, 2.75) is 13.1 Å². The normalized spacial score (nSPS) is 11.3. The third-order valence-electron chi connectivity index (χ3n) is 6.30. The number of nitrogens with zero attached hydrogens (tertiary/aromatic N) is 3. The SMILES string of the molecule is COCCN(C)Cc1c(-c2ccc(NC(=O)NOC)cc2)sc2c1c(=O)n(OC)c(=O)n2Cc1c(F)cccc1F. The quantitative estimate of drug-likeness (QED) is 0.259. The number of aromatic nitrogens is 2. The second-order valence-electron chi connectivity index (χ2n) is 9.01. The highest BCUT2D eigenvalue weighted by Crippen LogP contribution is 2.38. The van der Waals surface area contributed by atoms with Crippen LogP contribution >= 0.6 is 11.3 Å². The fourth-order valence-electron chi connectivity index (χ4n) is 4.32. The number of hydrogen-bond acceptors (Lipinski definition) is 8. The lowest BCUT2D eigenvalue weighted by atomic mass is 10.1. The van der Waals surface area contributed by atoms with Crippen molar-refractivity contribution in [2.75, 3.05) is 46.8 Å². The van der Waals surface area contributed by atoms with Crippen molar-refractivity contribution in [3.8, 4) is 10.4 Å². The van der Waals surface area contributed by atoms with Gasteiger partial charge in [0.05, 0.1) is 25.6 Å². The minimum absolute atomic E-state index is 0.189. The number of rotatable bonds is 11. The fourth-order valence-corrected chi connectivity index (χ4v) is 5.63. The molecule has 0 radical (unpaired) electrons. The third-order valence-corrected chi connectivity index (χ3v) is 7.61. The molecule has 2 N–H and O–H groups in total. The van der Waals surface area contributed by atoms with E-state index in [2.05, 4.69) is 15.6 Å². The molecule has 0 aliphatic rings. The van der Waals surface area contributed by atoms with Crippen LogP contribution in [0.2, 0.25) is 0 Å². The van der Waals surface area contributed by atoms with Crippen molar-refractivity contribution < 1.29 is 28.0 Å². The van der Waals surface area contributed by atoms with Crippen LogP contribution in [-0.4, -0.2) is 61.8 Å². The van der Waals surface area contributed by atoms with E-state index in [-0.39, 0.29) is 15.8 Å². The van der Waals surface area contributed by atoms with Gasteiger partial charge < -0.3 is 14.9 Å². The number of hydroxylamine groups is 1. The van der Waals surface area contributed by atoms with Gasteiger partial charge in [0.25, 0.3) is 5.56 Å². The number of fused-ring (bicyclic) bond motifs is 1. The Labute approximate surface area is 237 Å². The summed E-state index contributed by atoms with van der Waals surface area (Å²) in [6.07, 6.45) is 0. The minimum Gasteiger partial charge on any atom is -0.409 e. The van der Waals surface area contributed by atoms with Crippen LogP contribution in [-0.2, 0) is 22.7 Å². The van der Waals surface area contributed by atoms with Gasteiger partial charge in [-0.05, 0) is 42.4 Å². The number of ether oxygens (including phenoxy) is 1. The van der Waals surface area contributed by atoms with Gasteiger partial charge in [-0.2, -0.15) is 0 Å². The Morgan fingerprint density at radius 2 is 1.71 bits per heavy atom. The van der Waals surface area contributed by atoms with Crippen molar-refractivity contribution >= 4 is 33.3 Å². The molecule has 4 aromatic rings. The molecule has 0 spiro atoms. The van der Waals surface area contributed by atoms with E-state index < -0.39 is 35.5 Å². The fraction of sp³-hybridized carbons (Fsp3) is 0.296. The van der Waals surface area contributed by atoms with Gasteiger partial charge in [-0.15, -0.1) is 11.3 Å². The number of carbonyl (C=O) groups excluding carboxylic acids is 1. The Balaban J connectivity index is 1.94. The largest absolute Gasteiger partial charge is 0.409 e. The standard InChI is InChI=1S/C27H29F2N5O6S/c1-32(12-13-38-2)14-19-22-24(35)34(40-4)27(37)33(15-18-20(28)6-5-7-21(18)29)25(22)41-23(19)16-8-10-17(11-9-16)30-26(36)31-39-3/h5-11H,12-15H2,1-4H3,(H2,30,31,36). The first-order chi connectivity index (χ1) is 19.7. The lowest BCUT2D eigenvalue weighted by molar-refractivity contribution is 0.114. The van der Waals surface area contributed by atoms with Crippen LogP contribution in [0.3, 0.4) is 0 Å². The second-order valence-corrected chi connectivity index (χ2v) is 10.0. The zero-order valence-electron chi connectivity index (χ0n) is 22.8. The van der Waals surface area contributed by atoms with Crippen molar-refractivity contribution in [1.29, 1.82) is 0 Å². The summed E-state index contributed by atoms with van der Waals surface area (Å²) in [6.45, 7) is 0.814. The van der Waals surface area contributed by atoms with Crippen LogP contribution in [0.15, 0.2) is 52.1 Å². The highest BCUT2D eigenvalue weighted by atomic mass is 32.1. The van der Waals surface area contributed by atoms with Crippen LogP contribution in [0.5, 0.6) is 0 Å². The van der Waals surface area contributed by atoms with Crippen LogP contribution in [0.1, 0.15) is 11.1 Å². The molecule has 0 saturated carbocycles. The first-order valence-corrected chi connectivity index (χ1v) is 13.2. The number of methoxy groups -OCH3 is 1. The monoisotopic (exact) mass is 589 g/mol. The number of amides is 2. The lowest BCUT2D eigenvalue weighted by Crippen LogP contribution is -2.43. The second kappa shape index (κ2) is 13.0. The van der Waals surface area contributed by atoms with E-state index in [1.807, 2.05) is 11.9 Å². The Hall–Kier alpha value is -4.11. The van der Waals surface area contributed by atoms with E-state index in [1.54, 1.807) is 31.4 Å². The Morgan fingerprint density at radius 1 is 1.02 bits per heavy atom. The van der Waals surface area contributed by atoms with E-state index in [0.29, 0.717) is 46.1 Å². The zero-order chi connectivity index (χ0) is 29.7. The van der Waals surface area contributed by atoms with E-state index in [9.17, 15) is 23.2 Å². The molecule has 0 aliphatic carbocycles. The molecule has 0 unspecified atom stereocenters. The number of likely N-dealkylation sites (N-methyl/N-ethyl adjacent to an activating group) is 1. The molecular formula is C27H29F2N5O6S. The number of nitrogens with one attached hydrogen (secondary N) is 2. The van der Waals surface area contributed by atoms with Gasteiger partial charge in [-0.1, -0.05) is 22.9 Å². The maximum atomic E-state index is 14.6. The van der Waals surface area contributed by atoms with Gasteiger partial charge in [-0.3, -0.25) is 19.1 Å². The van der Waals surface area contributed by atoms with E-state index >= 15 is 0 Å². The summed E-state index contributed by atoms with van der Waals surface area (Å²) in [5.41, 5.74) is 2.05. The molecule has 0 aliphatic heterocycles. The van der Waals surface area contributed by atoms with Crippen molar-refractivity contribution in [3.63, 3.8) is 0 Å². The molecule has 41 heavy (non-hydrogen) atoms. The molecular weight excluding hydrogens is 560 g/mol. The van der Waals surface area contributed by atoms with Gasteiger partial charge in [0.2, 0.25) is 0 Å². The Kier molecular flexibility index (Phi) is 9.50. The third kappa shape index (κ3) is 6.30. The molecule has 14 heteroatoms. The number of thiophene rings is 1. The Bertz CT molecular complexity index is 1650. The highest BCUT2D eigenvalue weighted by molar-refractivity contribution is 7.22. The first kappa shape index (κ1) is 29.9.